The molecule has 38 heavy (non-hydrogen) atoms. The van der Waals surface area contributed by atoms with Crippen molar-refractivity contribution in [2.45, 2.75) is 31.7 Å². The maximum absolute atomic E-state index is 13.7. The van der Waals surface area contributed by atoms with Gasteiger partial charge in [-0.15, -0.1) is 0 Å². The molecule has 1 saturated carbocycles. The molecule has 3 atom stereocenters. The average Bonchev–Trinajstić information content (AvgIpc) is 3.73. The van der Waals surface area contributed by atoms with E-state index in [9.17, 15) is 19.7 Å². The quantitative estimate of drug-likeness (QED) is 0.333. The molecule has 1 N–H and O–H groups in total. The highest BCUT2D eigenvalue weighted by Gasteiger charge is 2.50. The number of hydrogen-bond acceptors (Lipinski definition) is 6. The molecule has 3 heterocycles. The zero-order valence-electron chi connectivity index (χ0n) is 20.8. The molecule has 0 spiro atoms. The number of pyridine rings is 1. The van der Waals surface area contributed by atoms with Crippen LogP contribution in [0.4, 0.5) is 11.4 Å². The number of carbonyl (C=O) groups is 2. The number of nitro groups is 1. The van der Waals surface area contributed by atoms with Crippen LogP contribution in [0.1, 0.15) is 46.4 Å². The number of carbonyl (C=O) groups excluding carboxylic acids is 2. The maximum atomic E-state index is 13.7. The van der Waals surface area contributed by atoms with E-state index in [1.54, 1.807) is 23.4 Å². The zero-order chi connectivity index (χ0) is 26.4. The van der Waals surface area contributed by atoms with Crippen LogP contribution >= 0.6 is 15.9 Å². The molecule has 1 aliphatic carbocycles. The minimum Gasteiger partial charge on any atom is -0.374 e. The van der Waals surface area contributed by atoms with Crippen molar-refractivity contribution < 1.29 is 14.5 Å². The van der Waals surface area contributed by atoms with Gasteiger partial charge >= 0.3 is 0 Å². The summed E-state index contributed by atoms with van der Waals surface area (Å²) in [4.78, 5) is 46.7. The molecule has 2 saturated heterocycles. The molecule has 6 rings (SSSR count). The SMILES string of the molecule is O=C(c1cc(Br)cc([N+](=O)[O-])c1N[C@H]1CN(C(=O)c2cncc3ccccc23)CC2CC21)N1CCCCC1. The van der Waals surface area contributed by atoms with E-state index >= 15 is 0 Å². The summed E-state index contributed by atoms with van der Waals surface area (Å²) >= 11 is 3.37. The van der Waals surface area contributed by atoms with Gasteiger partial charge in [-0.2, -0.15) is 0 Å². The number of nitrogens with zero attached hydrogens (tertiary/aromatic N) is 4. The normalized spacial score (nSPS) is 22.6. The predicted molar refractivity (Wildman–Crippen MR) is 147 cm³/mol. The Morgan fingerprint density at radius 1 is 1.00 bits per heavy atom. The first-order valence-electron chi connectivity index (χ1n) is 13.1. The zero-order valence-corrected chi connectivity index (χ0v) is 22.4. The fourth-order valence-electron chi connectivity index (χ4n) is 5.99. The first kappa shape index (κ1) is 24.8. The Bertz CT molecular complexity index is 1430. The predicted octanol–water partition coefficient (Wildman–Crippen LogP) is 5.10. The third kappa shape index (κ3) is 4.62. The van der Waals surface area contributed by atoms with Crippen LogP contribution in [0.5, 0.6) is 0 Å². The van der Waals surface area contributed by atoms with Crippen LogP contribution < -0.4 is 5.32 Å². The fourth-order valence-corrected chi connectivity index (χ4v) is 6.44. The Morgan fingerprint density at radius 2 is 1.76 bits per heavy atom. The molecule has 3 aromatic rings. The molecular formula is C28H28BrN5O4. The van der Waals surface area contributed by atoms with E-state index in [0.717, 1.165) is 36.5 Å². The first-order chi connectivity index (χ1) is 18.4. The van der Waals surface area contributed by atoms with E-state index in [1.165, 1.54) is 6.07 Å². The Hall–Kier alpha value is -3.53. The summed E-state index contributed by atoms with van der Waals surface area (Å²) in [5.41, 5.74) is 0.951. The summed E-state index contributed by atoms with van der Waals surface area (Å²) in [5.74, 6) is 0.325. The molecule has 2 unspecified atom stereocenters. The van der Waals surface area contributed by atoms with Crippen molar-refractivity contribution >= 4 is 49.9 Å². The van der Waals surface area contributed by atoms with E-state index in [2.05, 4.69) is 26.2 Å². The number of benzene rings is 2. The highest BCUT2D eigenvalue weighted by atomic mass is 79.9. The summed E-state index contributed by atoms with van der Waals surface area (Å²) in [6.45, 7) is 2.34. The lowest BCUT2D eigenvalue weighted by atomic mass is 10.0. The van der Waals surface area contributed by atoms with Crippen LogP contribution in [0.3, 0.4) is 0 Å². The minimum absolute atomic E-state index is 0.0960. The van der Waals surface area contributed by atoms with Gasteiger partial charge in [0.1, 0.15) is 5.69 Å². The second-order valence-corrected chi connectivity index (χ2v) is 11.4. The number of hydrogen-bond donors (Lipinski definition) is 1. The minimum atomic E-state index is -0.446. The number of nitrogens with one attached hydrogen (secondary N) is 1. The summed E-state index contributed by atoms with van der Waals surface area (Å²) in [7, 11) is 0. The molecule has 2 aliphatic heterocycles. The Balaban J connectivity index is 1.31. The van der Waals surface area contributed by atoms with E-state index in [0.29, 0.717) is 53.6 Å². The van der Waals surface area contributed by atoms with Crippen LogP contribution in [0.2, 0.25) is 0 Å². The van der Waals surface area contributed by atoms with Crippen LogP contribution in [-0.4, -0.2) is 63.7 Å². The van der Waals surface area contributed by atoms with Gasteiger partial charge in [0.15, 0.2) is 0 Å². The van der Waals surface area contributed by atoms with E-state index in [4.69, 9.17) is 0 Å². The van der Waals surface area contributed by atoms with Crippen molar-refractivity contribution in [1.82, 2.24) is 14.8 Å². The van der Waals surface area contributed by atoms with Crippen LogP contribution in [0, 0.1) is 22.0 Å². The molecule has 0 radical (unpaired) electrons. The Kier molecular flexibility index (Phi) is 6.51. The highest BCUT2D eigenvalue weighted by molar-refractivity contribution is 9.10. The van der Waals surface area contributed by atoms with Gasteiger partial charge in [0, 0.05) is 60.5 Å². The third-order valence-corrected chi connectivity index (χ3v) is 8.49. The van der Waals surface area contributed by atoms with Gasteiger partial charge in [0.05, 0.1) is 16.1 Å². The number of piperidine rings is 2. The van der Waals surface area contributed by atoms with Crippen LogP contribution in [-0.2, 0) is 0 Å². The molecule has 10 heteroatoms. The van der Waals surface area contributed by atoms with Crippen molar-refractivity contribution in [2.24, 2.45) is 11.8 Å². The second kappa shape index (κ2) is 9.98. The Morgan fingerprint density at radius 3 is 2.55 bits per heavy atom. The number of aromatic nitrogens is 1. The van der Waals surface area contributed by atoms with Gasteiger partial charge in [-0.25, -0.2) is 0 Å². The summed E-state index contributed by atoms with van der Waals surface area (Å²) in [6.07, 6.45) is 7.23. The molecule has 3 aliphatic rings. The lowest BCUT2D eigenvalue weighted by Gasteiger charge is -2.34. The van der Waals surface area contributed by atoms with Gasteiger partial charge in [-0.05, 0) is 49.0 Å². The number of fused-ring (bicyclic) bond motifs is 2. The average molecular weight is 578 g/mol. The van der Waals surface area contributed by atoms with Gasteiger partial charge in [-0.3, -0.25) is 24.7 Å². The van der Waals surface area contributed by atoms with Gasteiger partial charge < -0.3 is 15.1 Å². The first-order valence-corrected chi connectivity index (χ1v) is 13.9. The number of nitro benzene ring substituents is 1. The van der Waals surface area contributed by atoms with Crippen molar-refractivity contribution in [2.75, 3.05) is 31.5 Å². The van der Waals surface area contributed by atoms with Crippen LogP contribution in [0.25, 0.3) is 10.8 Å². The largest absolute Gasteiger partial charge is 0.374 e. The lowest BCUT2D eigenvalue weighted by Crippen LogP contribution is -2.47. The van der Waals surface area contributed by atoms with Crippen molar-refractivity contribution in [3.05, 3.63) is 74.5 Å². The van der Waals surface area contributed by atoms with Crippen molar-refractivity contribution in [1.29, 1.82) is 0 Å². The summed E-state index contributed by atoms with van der Waals surface area (Å²) in [5, 5.41) is 17.2. The standard InChI is InChI=1S/C28H28BrN5O4/c29-19-11-22(27(35)32-8-4-1-5-9-32)26(25(12-19)34(37)38)31-24-16-33(15-18-10-21(18)24)28(36)23-14-30-13-17-6-2-3-7-20(17)23/h2-3,6-7,11-14,18,21,24,31H,1,4-5,8-10,15-16H2/t18?,21?,24-/m0/s1. The number of likely N-dealkylation sites (tertiary alicyclic amines) is 2. The molecular weight excluding hydrogens is 550 g/mol. The van der Waals surface area contributed by atoms with Gasteiger partial charge in [0.25, 0.3) is 17.5 Å². The summed E-state index contributed by atoms with van der Waals surface area (Å²) in [6, 6.07) is 10.6. The third-order valence-electron chi connectivity index (χ3n) is 8.03. The van der Waals surface area contributed by atoms with E-state index in [1.807, 2.05) is 29.2 Å². The highest BCUT2D eigenvalue weighted by Crippen LogP contribution is 2.47. The second-order valence-electron chi connectivity index (χ2n) is 10.5. The lowest BCUT2D eigenvalue weighted by molar-refractivity contribution is -0.384. The van der Waals surface area contributed by atoms with Gasteiger partial charge in [-0.1, -0.05) is 40.2 Å². The Labute approximate surface area is 228 Å². The van der Waals surface area contributed by atoms with Crippen LogP contribution in [0.15, 0.2) is 53.3 Å². The molecule has 1 aromatic heterocycles. The smallest absolute Gasteiger partial charge is 0.294 e. The van der Waals surface area contributed by atoms with Crippen molar-refractivity contribution in [3.63, 3.8) is 0 Å². The molecule has 196 valence electrons. The molecule has 0 bridgehead atoms. The number of rotatable bonds is 5. The molecule has 2 amide bonds. The topological polar surface area (TPSA) is 109 Å². The van der Waals surface area contributed by atoms with E-state index in [-0.39, 0.29) is 29.2 Å². The molecule has 3 fully saturated rings. The molecule has 2 aromatic carbocycles. The monoisotopic (exact) mass is 577 g/mol. The molecule has 9 nitrogen and oxygen atoms in total. The summed E-state index contributed by atoms with van der Waals surface area (Å²) < 4.78 is 0.489. The van der Waals surface area contributed by atoms with Crippen molar-refractivity contribution in [3.8, 4) is 0 Å². The van der Waals surface area contributed by atoms with E-state index < -0.39 is 4.92 Å². The van der Waals surface area contributed by atoms with Gasteiger partial charge in [0.2, 0.25) is 0 Å². The number of amides is 2. The number of anilines is 1. The maximum Gasteiger partial charge on any atom is 0.294 e. The number of halogens is 1. The fraction of sp³-hybridized carbons (Fsp3) is 0.393.